The van der Waals surface area contributed by atoms with Crippen molar-refractivity contribution in [1.82, 2.24) is 5.32 Å². The largest absolute Gasteiger partial charge is 0.491 e. The Morgan fingerprint density at radius 3 is 2.57 bits per heavy atom. The Kier molecular flexibility index (Phi) is 8.30. The third-order valence-corrected chi connectivity index (χ3v) is 4.72. The highest BCUT2D eigenvalue weighted by Gasteiger charge is 2.10. The molecule has 3 nitrogen and oxygen atoms in total. The van der Waals surface area contributed by atoms with Gasteiger partial charge in [-0.1, -0.05) is 45.1 Å². The second-order valence-electron chi connectivity index (χ2n) is 6.82. The predicted octanol–water partition coefficient (Wildman–Crippen LogP) is 4.69. The van der Waals surface area contributed by atoms with Crippen molar-refractivity contribution in [2.75, 3.05) is 18.9 Å². The lowest BCUT2D eigenvalue weighted by Gasteiger charge is -2.21. The summed E-state index contributed by atoms with van der Waals surface area (Å²) in [5, 5.41) is 3.76. The normalized spacial score (nSPS) is 16.7. The molecule has 1 aromatic rings. The molecular weight excluding hydrogens is 284 g/mol. The molecule has 3 N–H and O–H groups in total. The van der Waals surface area contributed by atoms with E-state index in [0.717, 1.165) is 43.5 Å². The van der Waals surface area contributed by atoms with Crippen molar-refractivity contribution >= 4 is 5.69 Å². The average Bonchev–Trinajstić information content (AvgIpc) is 2.52. The molecule has 0 unspecified atom stereocenters. The first-order chi connectivity index (χ1) is 11.3. The number of hydrogen-bond donors (Lipinski definition) is 2. The zero-order chi connectivity index (χ0) is 16.3. The number of ether oxygens (including phenoxy) is 1. The van der Waals surface area contributed by atoms with E-state index < -0.39 is 0 Å². The number of nitrogen functional groups attached to an aromatic ring is 1. The number of benzene rings is 1. The highest BCUT2D eigenvalue weighted by Crippen LogP contribution is 2.23. The zero-order valence-electron chi connectivity index (χ0n) is 14.8. The van der Waals surface area contributed by atoms with Gasteiger partial charge in [0.05, 0.1) is 12.3 Å². The first-order valence-corrected chi connectivity index (χ1v) is 9.54. The van der Waals surface area contributed by atoms with E-state index in [4.69, 9.17) is 10.5 Å². The van der Waals surface area contributed by atoms with Gasteiger partial charge in [-0.15, -0.1) is 0 Å². The van der Waals surface area contributed by atoms with Crippen molar-refractivity contribution in [2.24, 2.45) is 0 Å². The van der Waals surface area contributed by atoms with Crippen molar-refractivity contribution < 1.29 is 4.74 Å². The number of nitrogens with two attached hydrogens (primary N) is 1. The molecule has 23 heavy (non-hydrogen) atoms. The monoisotopic (exact) mass is 318 g/mol. The fraction of sp³-hybridized carbons (Fsp3) is 0.700. The van der Waals surface area contributed by atoms with Crippen molar-refractivity contribution in [3.05, 3.63) is 23.8 Å². The highest BCUT2D eigenvalue weighted by atomic mass is 16.5. The number of rotatable bonds is 8. The summed E-state index contributed by atoms with van der Waals surface area (Å²) < 4.78 is 5.63. The second-order valence-corrected chi connectivity index (χ2v) is 6.82. The Morgan fingerprint density at radius 1 is 1.13 bits per heavy atom. The van der Waals surface area contributed by atoms with Crippen molar-refractivity contribution in [2.45, 2.75) is 77.2 Å². The maximum atomic E-state index is 6.07. The van der Waals surface area contributed by atoms with Gasteiger partial charge in [-0.3, -0.25) is 0 Å². The van der Waals surface area contributed by atoms with E-state index in [1.54, 1.807) is 0 Å². The van der Waals surface area contributed by atoms with Crippen LogP contribution in [-0.2, 0) is 6.42 Å². The lowest BCUT2D eigenvalue weighted by atomic mass is 9.96. The van der Waals surface area contributed by atoms with Gasteiger partial charge in [0.25, 0.3) is 0 Å². The Labute approximate surface area is 142 Å². The fourth-order valence-corrected chi connectivity index (χ4v) is 3.36. The van der Waals surface area contributed by atoms with Crippen molar-refractivity contribution in [3.63, 3.8) is 0 Å². The molecule has 1 fully saturated rings. The summed E-state index contributed by atoms with van der Waals surface area (Å²) in [7, 11) is 0. The summed E-state index contributed by atoms with van der Waals surface area (Å²) in [6.45, 7) is 3.95. The molecule has 1 saturated carbocycles. The summed E-state index contributed by atoms with van der Waals surface area (Å²) in [6, 6.07) is 6.98. The molecule has 0 saturated heterocycles. The molecule has 1 aliphatic carbocycles. The minimum atomic E-state index is 0.731. The molecule has 0 heterocycles. The van der Waals surface area contributed by atoms with Crippen molar-refractivity contribution in [3.8, 4) is 5.75 Å². The number of hydrogen-bond acceptors (Lipinski definition) is 3. The van der Waals surface area contributed by atoms with Crippen LogP contribution in [0.4, 0.5) is 5.69 Å². The maximum absolute atomic E-state index is 6.07. The van der Waals surface area contributed by atoms with E-state index in [-0.39, 0.29) is 0 Å². The zero-order valence-corrected chi connectivity index (χ0v) is 14.8. The number of anilines is 1. The summed E-state index contributed by atoms with van der Waals surface area (Å²) in [4.78, 5) is 0. The molecule has 0 aromatic heterocycles. The number of aryl methyl sites for hydroxylation is 1. The molecule has 0 radical (unpaired) electrons. The van der Waals surface area contributed by atoms with Crippen LogP contribution in [0.25, 0.3) is 0 Å². The fourth-order valence-electron chi connectivity index (χ4n) is 3.36. The van der Waals surface area contributed by atoms with Crippen LogP contribution in [0.1, 0.15) is 70.3 Å². The van der Waals surface area contributed by atoms with Gasteiger partial charge in [0.15, 0.2) is 0 Å². The third-order valence-electron chi connectivity index (χ3n) is 4.72. The lowest BCUT2D eigenvalue weighted by molar-refractivity contribution is 0.319. The Bertz CT molecular complexity index is 439. The molecule has 0 bridgehead atoms. The maximum Gasteiger partial charge on any atom is 0.142 e. The average molecular weight is 319 g/mol. The van der Waals surface area contributed by atoms with Crippen LogP contribution in [0.2, 0.25) is 0 Å². The van der Waals surface area contributed by atoms with Crippen LogP contribution in [0, 0.1) is 0 Å². The SMILES string of the molecule is CCCOc1ccc(CCCNC2CCCCCCC2)cc1N. The Balaban J connectivity index is 1.68. The van der Waals surface area contributed by atoms with Gasteiger partial charge in [-0.2, -0.15) is 0 Å². The molecule has 3 heteroatoms. The van der Waals surface area contributed by atoms with E-state index in [2.05, 4.69) is 24.4 Å². The summed E-state index contributed by atoms with van der Waals surface area (Å²) in [6.07, 6.45) is 13.0. The molecule has 130 valence electrons. The minimum absolute atomic E-state index is 0.731. The number of nitrogens with one attached hydrogen (secondary N) is 1. The molecule has 1 aromatic carbocycles. The van der Waals surface area contributed by atoms with E-state index in [1.807, 2.05) is 6.07 Å². The van der Waals surface area contributed by atoms with Crippen LogP contribution >= 0.6 is 0 Å². The highest BCUT2D eigenvalue weighted by molar-refractivity contribution is 5.54. The van der Waals surface area contributed by atoms with Crippen LogP contribution in [0.3, 0.4) is 0 Å². The molecule has 0 atom stereocenters. The molecular formula is C20H34N2O. The van der Waals surface area contributed by atoms with E-state index in [0.29, 0.717) is 0 Å². The van der Waals surface area contributed by atoms with E-state index >= 15 is 0 Å². The van der Waals surface area contributed by atoms with Crippen LogP contribution < -0.4 is 15.8 Å². The van der Waals surface area contributed by atoms with E-state index in [1.165, 1.54) is 56.9 Å². The van der Waals surface area contributed by atoms with Gasteiger partial charge >= 0.3 is 0 Å². The summed E-state index contributed by atoms with van der Waals surface area (Å²) >= 11 is 0. The van der Waals surface area contributed by atoms with Gasteiger partial charge in [0.1, 0.15) is 5.75 Å². The lowest BCUT2D eigenvalue weighted by Crippen LogP contribution is -2.30. The first kappa shape index (κ1) is 18.1. The molecule has 1 aliphatic rings. The molecule has 0 amide bonds. The van der Waals surface area contributed by atoms with Crippen LogP contribution in [0.15, 0.2) is 18.2 Å². The van der Waals surface area contributed by atoms with Gasteiger partial charge < -0.3 is 15.8 Å². The van der Waals surface area contributed by atoms with Crippen LogP contribution in [0.5, 0.6) is 5.75 Å². The van der Waals surface area contributed by atoms with Gasteiger partial charge in [-0.25, -0.2) is 0 Å². The molecule has 0 aliphatic heterocycles. The van der Waals surface area contributed by atoms with Gasteiger partial charge in [-0.05, 0) is 56.3 Å². The standard InChI is InChI=1S/C20H34N2O/c1-2-15-23-20-13-12-17(16-19(20)21)9-8-14-22-18-10-6-4-3-5-7-11-18/h12-13,16,18,22H,2-11,14-15,21H2,1H3. The summed E-state index contributed by atoms with van der Waals surface area (Å²) in [5.41, 5.74) is 8.15. The minimum Gasteiger partial charge on any atom is -0.491 e. The first-order valence-electron chi connectivity index (χ1n) is 9.54. The van der Waals surface area contributed by atoms with Gasteiger partial charge in [0, 0.05) is 6.04 Å². The quantitative estimate of drug-likeness (QED) is 0.540. The predicted molar refractivity (Wildman–Crippen MR) is 99.1 cm³/mol. The van der Waals surface area contributed by atoms with Crippen LogP contribution in [-0.4, -0.2) is 19.2 Å². The summed E-state index contributed by atoms with van der Waals surface area (Å²) in [5.74, 6) is 0.822. The van der Waals surface area contributed by atoms with E-state index in [9.17, 15) is 0 Å². The topological polar surface area (TPSA) is 47.3 Å². The second kappa shape index (κ2) is 10.5. The smallest absolute Gasteiger partial charge is 0.142 e. The Morgan fingerprint density at radius 2 is 1.87 bits per heavy atom. The molecule has 2 rings (SSSR count). The Hall–Kier alpha value is -1.22. The molecule has 0 spiro atoms. The third kappa shape index (κ3) is 6.82. The van der Waals surface area contributed by atoms with Gasteiger partial charge in [0.2, 0.25) is 0 Å². The van der Waals surface area contributed by atoms with Crippen molar-refractivity contribution in [1.29, 1.82) is 0 Å².